The first-order valence-corrected chi connectivity index (χ1v) is 9.15. The van der Waals surface area contributed by atoms with Gasteiger partial charge in [0.05, 0.1) is 12.6 Å². The average Bonchev–Trinajstić information content (AvgIpc) is 2.74. The molecule has 2 N–H and O–H groups in total. The number of benzene rings is 3. The topological polar surface area (TPSA) is 50.4 Å². The first-order valence-electron chi connectivity index (χ1n) is 9.15. The zero-order valence-electron chi connectivity index (χ0n) is 15.2. The number of ether oxygens (including phenoxy) is 1. The molecule has 0 unspecified atom stereocenters. The monoisotopic (exact) mass is 360 g/mol. The Labute approximate surface area is 160 Å². The highest BCUT2D eigenvalue weighted by Gasteiger charge is 2.16. The van der Waals surface area contributed by atoms with Crippen molar-refractivity contribution in [3.63, 3.8) is 0 Å². The summed E-state index contributed by atoms with van der Waals surface area (Å²) in [4.78, 5) is 12.4. The van der Waals surface area contributed by atoms with Gasteiger partial charge in [0.15, 0.2) is 0 Å². The minimum Gasteiger partial charge on any atom is -0.494 e. The molecule has 0 atom stereocenters. The quantitative estimate of drug-likeness (QED) is 0.579. The van der Waals surface area contributed by atoms with Crippen LogP contribution < -0.4 is 15.4 Å². The molecule has 0 saturated heterocycles. The minimum atomic E-state index is -0.188. The lowest BCUT2D eigenvalue weighted by Crippen LogP contribution is -2.39. The molecule has 0 radical (unpaired) electrons. The lowest BCUT2D eigenvalue weighted by molar-refractivity contribution is 0.237. The Morgan fingerprint density at radius 3 is 1.85 bits per heavy atom. The fourth-order valence-corrected chi connectivity index (χ4v) is 2.81. The molecule has 0 aromatic heterocycles. The van der Waals surface area contributed by atoms with Gasteiger partial charge < -0.3 is 15.4 Å². The van der Waals surface area contributed by atoms with Crippen LogP contribution in [0.3, 0.4) is 0 Å². The van der Waals surface area contributed by atoms with Gasteiger partial charge in [-0.2, -0.15) is 0 Å². The number of carbonyl (C=O) groups excluding carboxylic acids is 1. The van der Waals surface area contributed by atoms with Gasteiger partial charge in [0.2, 0.25) is 0 Å². The maximum absolute atomic E-state index is 12.4. The van der Waals surface area contributed by atoms with Crippen LogP contribution in [0.25, 0.3) is 0 Å². The van der Waals surface area contributed by atoms with Crippen molar-refractivity contribution in [2.45, 2.75) is 12.5 Å². The fraction of sp³-hybridized carbons (Fsp3) is 0.174. The van der Waals surface area contributed by atoms with Gasteiger partial charge in [-0.15, -0.1) is 0 Å². The lowest BCUT2D eigenvalue weighted by Gasteiger charge is -2.20. The number of amides is 2. The summed E-state index contributed by atoms with van der Waals surface area (Å²) >= 11 is 0. The summed E-state index contributed by atoms with van der Waals surface area (Å²) < 4.78 is 5.64. The summed E-state index contributed by atoms with van der Waals surface area (Å²) in [6.07, 6.45) is 0.740. The Balaban J connectivity index is 1.49. The zero-order valence-corrected chi connectivity index (χ0v) is 15.2. The predicted molar refractivity (Wildman–Crippen MR) is 108 cm³/mol. The van der Waals surface area contributed by atoms with E-state index in [1.807, 2.05) is 91.0 Å². The standard InChI is InChI=1S/C23H24N2O2/c26-23(24-17-10-18-27-21-15-8-3-9-16-21)25-22(19-11-4-1-5-12-19)20-13-6-2-7-14-20/h1-9,11-16,22H,10,17-18H2,(H2,24,25,26). The molecule has 3 aromatic rings. The second-order valence-electron chi connectivity index (χ2n) is 6.17. The van der Waals surface area contributed by atoms with Crippen LogP contribution in [0, 0.1) is 0 Å². The molecule has 4 heteroatoms. The van der Waals surface area contributed by atoms with Crippen molar-refractivity contribution in [3.05, 3.63) is 102 Å². The molecule has 0 heterocycles. The van der Waals surface area contributed by atoms with Gasteiger partial charge in [-0.05, 0) is 29.7 Å². The second kappa shape index (κ2) is 10.0. The smallest absolute Gasteiger partial charge is 0.315 e. The van der Waals surface area contributed by atoms with Crippen molar-refractivity contribution in [3.8, 4) is 5.75 Å². The number of para-hydroxylation sites is 1. The van der Waals surface area contributed by atoms with Crippen LogP contribution in [0.5, 0.6) is 5.75 Å². The highest BCUT2D eigenvalue weighted by Crippen LogP contribution is 2.21. The van der Waals surface area contributed by atoms with Crippen LogP contribution in [0.2, 0.25) is 0 Å². The molecule has 2 amide bonds. The van der Waals surface area contributed by atoms with Crippen molar-refractivity contribution in [2.75, 3.05) is 13.2 Å². The molecule has 4 nitrogen and oxygen atoms in total. The summed E-state index contributed by atoms with van der Waals surface area (Å²) in [7, 11) is 0. The molecular weight excluding hydrogens is 336 g/mol. The van der Waals surface area contributed by atoms with Crippen molar-refractivity contribution < 1.29 is 9.53 Å². The summed E-state index contributed by atoms with van der Waals surface area (Å²) in [6, 6.07) is 29.2. The SMILES string of the molecule is O=C(NCCCOc1ccccc1)NC(c1ccccc1)c1ccccc1. The number of nitrogens with one attached hydrogen (secondary N) is 2. The van der Waals surface area contributed by atoms with Crippen LogP contribution in [0.1, 0.15) is 23.6 Å². The molecule has 0 spiro atoms. The summed E-state index contributed by atoms with van der Waals surface area (Å²) in [5, 5.41) is 5.98. The largest absolute Gasteiger partial charge is 0.494 e. The van der Waals surface area contributed by atoms with Crippen LogP contribution in [-0.4, -0.2) is 19.2 Å². The second-order valence-corrected chi connectivity index (χ2v) is 6.17. The Hall–Kier alpha value is -3.27. The maximum atomic E-state index is 12.4. The number of hydrogen-bond donors (Lipinski definition) is 2. The van der Waals surface area contributed by atoms with Crippen molar-refractivity contribution in [1.82, 2.24) is 10.6 Å². The number of rotatable bonds is 8. The van der Waals surface area contributed by atoms with E-state index >= 15 is 0 Å². The summed E-state index contributed by atoms with van der Waals surface area (Å²) in [6.45, 7) is 1.11. The molecule has 0 aliphatic rings. The van der Waals surface area contributed by atoms with Crippen molar-refractivity contribution in [1.29, 1.82) is 0 Å². The fourth-order valence-electron chi connectivity index (χ4n) is 2.81. The molecule has 0 aliphatic heterocycles. The Bertz CT molecular complexity index is 768. The first-order chi connectivity index (χ1) is 13.3. The summed E-state index contributed by atoms with van der Waals surface area (Å²) in [5.74, 6) is 0.843. The molecule has 138 valence electrons. The van der Waals surface area contributed by atoms with E-state index in [2.05, 4.69) is 10.6 Å². The Morgan fingerprint density at radius 1 is 0.778 bits per heavy atom. The Kier molecular flexibility index (Phi) is 6.87. The molecule has 0 bridgehead atoms. The average molecular weight is 360 g/mol. The maximum Gasteiger partial charge on any atom is 0.315 e. The highest BCUT2D eigenvalue weighted by molar-refractivity contribution is 5.75. The predicted octanol–water partition coefficient (Wildman–Crippen LogP) is 4.54. The van der Waals surface area contributed by atoms with E-state index in [-0.39, 0.29) is 12.1 Å². The highest BCUT2D eigenvalue weighted by atomic mass is 16.5. The van der Waals surface area contributed by atoms with Crippen LogP contribution in [-0.2, 0) is 0 Å². The van der Waals surface area contributed by atoms with Gasteiger partial charge in [-0.25, -0.2) is 4.79 Å². The minimum absolute atomic E-state index is 0.187. The third kappa shape index (κ3) is 5.89. The third-order valence-electron chi connectivity index (χ3n) is 4.16. The van der Waals surface area contributed by atoms with Gasteiger partial charge in [0, 0.05) is 6.54 Å². The summed E-state index contributed by atoms with van der Waals surface area (Å²) in [5.41, 5.74) is 2.09. The van der Waals surface area contributed by atoms with E-state index in [0.29, 0.717) is 13.2 Å². The molecule has 3 rings (SSSR count). The zero-order chi connectivity index (χ0) is 18.7. The van der Waals surface area contributed by atoms with Gasteiger partial charge in [0.25, 0.3) is 0 Å². The van der Waals surface area contributed by atoms with E-state index in [1.165, 1.54) is 0 Å². The van der Waals surface area contributed by atoms with E-state index < -0.39 is 0 Å². The van der Waals surface area contributed by atoms with Crippen molar-refractivity contribution >= 4 is 6.03 Å². The van der Waals surface area contributed by atoms with E-state index in [9.17, 15) is 4.79 Å². The van der Waals surface area contributed by atoms with Gasteiger partial charge in [-0.3, -0.25) is 0 Å². The number of urea groups is 1. The molecule has 27 heavy (non-hydrogen) atoms. The first kappa shape index (κ1) is 18.5. The van der Waals surface area contributed by atoms with E-state index in [1.54, 1.807) is 0 Å². The van der Waals surface area contributed by atoms with Gasteiger partial charge >= 0.3 is 6.03 Å². The van der Waals surface area contributed by atoms with Crippen LogP contribution in [0.15, 0.2) is 91.0 Å². The van der Waals surface area contributed by atoms with E-state index in [0.717, 1.165) is 23.3 Å². The third-order valence-corrected chi connectivity index (χ3v) is 4.16. The van der Waals surface area contributed by atoms with Crippen LogP contribution >= 0.6 is 0 Å². The molecular formula is C23H24N2O2. The molecule has 0 fully saturated rings. The van der Waals surface area contributed by atoms with Gasteiger partial charge in [-0.1, -0.05) is 78.9 Å². The Morgan fingerprint density at radius 2 is 1.30 bits per heavy atom. The lowest BCUT2D eigenvalue weighted by atomic mass is 9.99. The number of hydrogen-bond acceptors (Lipinski definition) is 2. The molecule has 0 aliphatic carbocycles. The van der Waals surface area contributed by atoms with E-state index in [4.69, 9.17) is 4.74 Å². The normalized spacial score (nSPS) is 10.4. The molecule has 0 saturated carbocycles. The van der Waals surface area contributed by atoms with Crippen LogP contribution in [0.4, 0.5) is 4.79 Å². The number of carbonyl (C=O) groups is 1. The van der Waals surface area contributed by atoms with Gasteiger partial charge in [0.1, 0.15) is 5.75 Å². The van der Waals surface area contributed by atoms with Crippen molar-refractivity contribution in [2.24, 2.45) is 0 Å². The molecule has 3 aromatic carbocycles.